The van der Waals surface area contributed by atoms with Gasteiger partial charge in [-0.25, -0.2) is 0 Å². The minimum absolute atomic E-state index is 0. The Labute approximate surface area is 163 Å². The molecule has 2 aliphatic rings. The SMILES string of the molecule is CC(C)COc1ccc(C2(C(=O)N3CC(CN)CC3C)CCC2)cc1.Cl. The molecule has 26 heavy (non-hydrogen) atoms. The highest BCUT2D eigenvalue weighted by molar-refractivity contribution is 5.89. The molecular weight excluding hydrogens is 348 g/mol. The van der Waals surface area contributed by atoms with Crippen LogP contribution in [0.3, 0.4) is 0 Å². The van der Waals surface area contributed by atoms with Gasteiger partial charge in [0.15, 0.2) is 0 Å². The summed E-state index contributed by atoms with van der Waals surface area (Å²) in [6.45, 7) is 8.64. The van der Waals surface area contributed by atoms with Crippen molar-refractivity contribution in [2.75, 3.05) is 19.7 Å². The van der Waals surface area contributed by atoms with E-state index < -0.39 is 0 Å². The number of hydrogen-bond acceptors (Lipinski definition) is 3. The minimum atomic E-state index is -0.325. The highest BCUT2D eigenvalue weighted by Crippen LogP contribution is 2.46. The molecule has 2 unspecified atom stereocenters. The average Bonchev–Trinajstić information content (AvgIpc) is 2.94. The summed E-state index contributed by atoms with van der Waals surface area (Å²) in [7, 11) is 0. The fraction of sp³-hybridized carbons (Fsp3) is 0.667. The lowest BCUT2D eigenvalue weighted by Crippen LogP contribution is -2.52. The van der Waals surface area contributed by atoms with Gasteiger partial charge in [-0.3, -0.25) is 4.79 Å². The van der Waals surface area contributed by atoms with Crippen molar-refractivity contribution in [2.45, 2.75) is 57.9 Å². The summed E-state index contributed by atoms with van der Waals surface area (Å²) in [5, 5.41) is 0. The van der Waals surface area contributed by atoms with Gasteiger partial charge in [-0.15, -0.1) is 12.4 Å². The molecule has 2 fully saturated rings. The largest absolute Gasteiger partial charge is 0.493 e. The van der Waals surface area contributed by atoms with Gasteiger partial charge in [-0.2, -0.15) is 0 Å². The number of hydrogen-bond donors (Lipinski definition) is 1. The number of benzene rings is 1. The van der Waals surface area contributed by atoms with Crippen LogP contribution in [0.5, 0.6) is 5.75 Å². The predicted molar refractivity (Wildman–Crippen MR) is 108 cm³/mol. The first kappa shape index (κ1) is 21.0. The van der Waals surface area contributed by atoms with Crippen LogP contribution in [-0.2, 0) is 10.2 Å². The van der Waals surface area contributed by atoms with E-state index in [1.54, 1.807) is 0 Å². The molecule has 3 rings (SSSR count). The minimum Gasteiger partial charge on any atom is -0.493 e. The standard InChI is InChI=1S/C21H32N2O2.ClH/c1-15(2)14-25-19-7-5-18(6-8-19)21(9-4-10-21)20(24)23-13-17(12-22)11-16(23)3;/h5-8,15-17H,4,9-14,22H2,1-3H3;1H. The predicted octanol–water partition coefficient (Wildman–Crippen LogP) is 3.76. The molecule has 1 aliphatic carbocycles. The Hall–Kier alpha value is -1.26. The molecule has 1 saturated heterocycles. The van der Waals surface area contributed by atoms with Gasteiger partial charge in [0.2, 0.25) is 5.91 Å². The quantitative estimate of drug-likeness (QED) is 0.817. The molecule has 2 atom stereocenters. The number of likely N-dealkylation sites (tertiary alicyclic amines) is 1. The van der Waals surface area contributed by atoms with Gasteiger partial charge >= 0.3 is 0 Å². The maximum atomic E-state index is 13.4. The molecule has 146 valence electrons. The van der Waals surface area contributed by atoms with E-state index in [0.717, 1.165) is 50.1 Å². The van der Waals surface area contributed by atoms with E-state index in [0.29, 0.717) is 30.3 Å². The van der Waals surface area contributed by atoms with Crippen LogP contribution in [0.15, 0.2) is 24.3 Å². The lowest BCUT2D eigenvalue weighted by molar-refractivity contribution is -0.141. The average molecular weight is 381 g/mol. The molecule has 2 N–H and O–H groups in total. The first-order chi connectivity index (χ1) is 12.0. The zero-order chi connectivity index (χ0) is 18.0. The molecule has 0 radical (unpaired) electrons. The Morgan fingerprint density at radius 2 is 1.96 bits per heavy atom. The van der Waals surface area contributed by atoms with Crippen molar-refractivity contribution in [3.63, 3.8) is 0 Å². The molecule has 0 aromatic heterocycles. The molecule has 0 spiro atoms. The van der Waals surface area contributed by atoms with Gasteiger partial charge < -0.3 is 15.4 Å². The molecule has 1 aromatic rings. The summed E-state index contributed by atoms with van der Waals surface area (Å²) < 4.78 is 5.78. The van der Waals surface area contributed by atoms with Crippen molar-refractivity contribution in [2.24, 2.45) is 17.6 Å². The molecule has 1 aromatic carbocycles. The van der Waals surface area contributed by atoms with Crippen LogP contribution in [-0.4, -0.2) is 36.5 Å². The van der Waals surface area contributed by atoms with E-state index in [1.165, 1.54) is 0 Å². The summed E-state index contributed by atoms with van der Waals surface area (Å²) >= 11 is 0. The summed E-state index contributed by atoms with van der Waals surface area (Å²) in [4.78, 5) is 15.5. The molecule has 0 bridgehead atoms. The molecule has 1 aliphatic heterocycles. The fourth-order valence-corrected chi connectivity index (χ4v) is 4.16. The Bertz CT molecular complexity index is 599. The maximum Gasteiger partial charge on any atom is 0.233 e. The summed E-state index contributed by atoms with van der Waals surface area (Å²) in [6, 6.07) is 8.51. The lowest BCUT2D eigenvalue weighted by Gasteiger charge is -2.44. The molecule has 1 heterocycles. The number of carbonyl (C=O) groups is 1. The monoisotopic (exact) mass is 380 g/mol. The Balaban J connectivity index is 0.00000243. The van der Waals surface area contributed by atoms with Gasteiger partial charge in [0.25, 0.3) is 0 Å². The van der Waals surface area contributed by atoms with Crippen molar-refractivity contribution in [3.05, 3.63) is 29.8 Å². The summed E-state index contributed by atoms with van der Waals surface area (Å²) in [5.74, 6) is 2.14. The number of amides is 1. The Morgan fingerprint density at radius 3 is 2.42 bits per heavy atom. The van der Waals surface area contributed by atoms with Crippen molar-refractivity contribution < 1.29 is 9.53 Å². The topological polar surface area (TPSA) is 55.6 Å². The second-order valence-corrected chi connectivity index (χ2v) is 8.31. The first-order valence-corrected chi connectivity index (χ1v) is 9.70. The normalized spacial score (nSPS) is 24.1. The molecular formula is C21H33ClN2O2. The molecule has 1 saturated carbocycles. The smallest absolute Gasteiger partial charge is 0.233 e. The van der Waals surface area contributed by atoms with Gasteiger partial charge in [-0.05, 0) is 62.3 Å². The zero-order valence-corrected chi connectivity index (χ0v) is 17.1. The number of rotatable bonds is 6. The summed E-state index contributed by atoms with van der Waals surface area (Å²) in [5.41, 5.74) is 6.66. The lowest BCUT2D eigenvalue weighted by atomic mass is 9.63. The fourth-order valence-electron chi connectivity index (χ4n) is 4.16. The second kappa shape index (κ2) is 8.62. The maximum absolute atomic E-state index is 13.4. The van der Waals surface area contributed by atoms with Crippen molar-refractivity contribution in [3.8, 4) is 5.75 Å². The van der Waals surface area contributed by atoms with E-state index in [4.69, 9.17) is 10.5 Å². The van der Waals surface area contributed by atoms with Gasteiger partial charge in [0.05, 0.1) is 12.0 Å². The third-order valence-electron chi connectivity index (χ3n) is 5.86. The zero-order valence-electron chi connectivity index (χ0n) is 16.2. The van der Waals surface area contributed by atoms with Crippen molar-refractivity contribution >= 4 is 18.3 Å². The highest BCUT2D eigenvalue weighted by Gasteiger charge is 2.49. The van der Waals surface area contributed by atoms with E-state index >= 15 is 0 Å². The van der Waals surface area contributed by atoms with Crippen LogP contribution < -0.4 is 10.5 Å². The van der Waals surface area contributed by atoms with Crippen molar-refractivity contribution in [1.29, 1.82) is 0 Å². The van der Waals surface area contributed by atoms with E-state index in [1.807, 2.05) is 12.1 Å². The number of nitrogens with zero attached hydrogens (tertiary/aromatic N) is 1. The van der Waals surface area contributed by atoms with Crippen LogP contribution >= 0.6 is 12.4 Å². The Kier molecular flexibility index (Phi) is 6.98. The van der Waals surface area contributed by atoms with Gasteiger partial charge in [0.1, 0.15) is 5.75 Å². The second-order valence-electron chi connectivity index (χ2n) is 8.31. The molecule has 1 amide bonds. The van der Waals surface area contributed by atoms with Crippen LogP contribution in [0.1, 0.15) is 52.0 Å². The molecule has 5 heteroatoms. The number of halogens is 1. The Morgan fingerprint density at radius 1 is 1.31 bits per heavy atom. The number of carbonyl (C=O) groups excluding carboxylic acids is 1. The first-order valence-electron chi connectivity index (χ1n) is 9.70. The van der Waals surface area contributed by atoms with E-state index in [2.05, 4.69) is 37.8 Å². The summed E-state index contributed by atoms with van der Waals surface area (Å²) in [6.07, 6.45) is 4.06. The van der Waals surface area contributed by atoms with Crippen molar-refractivity contribution in [1.82, 2.24) is 4.90 Å². The van der Waals surface area contributed by atoms with Crippen LogP contribution in [0.25, 0.3) is 0 Å². The van der Waals surface area contributed by atoms with E-state index in [-0.39, 0.29) is 17.8 Å². The number of nitrogens with two attached hydrogens (primary N) is 1. The van der Waals surface area contributed by atoms with Crippen LogP contribution in [0.2, 0.25) is 0 Å². The van der Waals surface area contributed by atoms with Crippen LogP contribution in [0.4, 0.5) is 0 Å². The van der Waals surface area contributed by atoms with E-state index in [9.17, 15) is 4.79 Å². The number of ether oxygens (including phenoxy) is 1. The van der Waals surface area contributed by atoms with Crippen LogP contribution in [0, 0.1) is 11.8 Å². The third kappa shape index (κ3) is 4.01. The highest BCUT2D eigenvalue weighted by atomic mass is 35.5. The van der Waals surface area contributed by atoms with Gasteiger partial charge in [0, 0.05) is 12.6 Å². The van der Waals surface area contributed by atoms with Gasteiger partial charge in [-0.1, -0.05) is 32.4 Å². The third-order valence-corrected chi connectivity index (χ3v) is 5.86. The molecule has 4 nitrogen and oxygen atoms in total.